The van der Waals surface area contributed by atoms with E-state index in [1.54, 1.807) is 0 Å². The quantitative estimate of drug-likeness (QED) is 0.784. The summed E-state index contributed by atoms with van der Waals surface area (Å²) in [4.78, 5) is 11.9. The van der Waals surface area contributed by atoms with Crippen LogP contribution >= 0.6 is 11.8 Å². The zero-order valence-electron chi connectivity index (χ0n) is 10.1. The molecule has 18 heavy (non-hydrogen) atoms. The third-order valence-electron chi connectivity index (χ3n) is 3.01. The summed E-state index contributed by atoms with van der Waals surface area (Å²) in [7, 11) is 0. The molecule has 1 heterocycles. The second-order valence-electron chi connectivity index (χ2n) is 4.37. The Balaban J connectivity index is 1.95. The fourth-order valence-electron chi connectivity index (χ4n) is 2.02. The first-order valence-corrected chi connectivity index (χ1v) is 7.14. The average Bonchev–Trinajstić information content (AvgIpc) is 2.37. The number of hydrogen-bond donors (Lipinski definition) is 3. The Hall–Kier alpha value is -1.36. The third kappa shape index (κ3) is 3.10. The Kier molecular flexibility index (Phi) is 4.36. The van der Waals surface area contributed by atoms with E-state index in [1.165, 1.54) is 31.0 Å². The maximum atomic E-state index is 11.9. The second-order valence-corrected chi connectivity index (χ2v) is 5.78. The topological polar surface area (TPSA) is 69.6 Å². The molecule has 1 aliphatic rings. The van der Waals surface area contributed by atoms with Gasteiger partial charge in [0.05, 0.1) is 0 Å². The van der Waals surface area contributed by atoms with Gasteiger partial charge in [-0.2, -0.15) is 11.8 Å². The highest BCUT2D eigenvalue weighted by Crippen LogP contribution is 2.27. The molecule has 1 aromatic rings. The molecule has 0 radical (unpaired) electrons. The molecule has 2 rings (SSSR count). The predicted molar refractivity (Wildman–Crippen MR) is 72.2 cm³/mol. The van der Waals surface area contributed by atoms with E-state index in [0.29, 0.717) is 11.8 Å². The molecule has 98 valence electrons. The number of rotatable bonds is 3. The van der Waals surface area contributed by atoms with Gasteiger partial charge >= 0.3 is 0 Å². The maximum absolute atomic E-state index is 11.9. The predicted octanol–water partition coefficient (Wildman–Crippen LogP) is 2.11. The molecule has 3 N–H and O–H groups in total. The fourth-order valence-corrected chi connectivity index (χ4v) is 3.26. The van der Waals surface area contributed by atoms with Gasteiger partial charge in [-0.25, -0.2) is 0 Å². The number of benzene rings is 1. The van der Waals surface area contributed by atoms with Gasteiger partial charge in [0.2, 0.25) is 0 Å². The van der Waals surface area contributed by atoms with Gasteiger partial charge in [0, 0.05) is 11.8 Å². The Labute approximate surface area is 110 Å². The molecule has 0 saturated carbocycles. The first-order chi connectivity index (χ1) is 8.68. The number of carbonyl (C=O) groups is 1. The minimum atomic E-state index is -0.420. The summed E-state index contributed by atoms with van der Waals surface area (Å²) in [5.41, 5.74) is -0.0432. The van der Waals surface area contributed by atoms with Crippen LogP contribution in [0.5, 0.6) is 11.5 Å². The van der Waals surface area contributed by atoms with Crippen molar-refractivity contribution in [2.75, 3.05) is 12.3 Å². The van der Waals surface area contributed by atoms with E-state index >= 15 is 0 Å². The second kappa shape index (κ2) is 6.00. The highest BCUT2D eigenvalue weighted by atomic mass is 32.2. The molecular formula is C13H17NO3S. The molecule has 1 aliphatic heterocycles. The Bertz CT molecular complexity index is 410. The van der Waals surface area contributed by atoms with Crippen molar-refractivity contribution in [3.63, 3.8) is 0 Å². The fraction of sp³-hybridized carbons (Fsp3) is 0.462. The number of carbonyl (C=O) groups excluding carboxylic acids is 1. The molecule has 1 atom stereocenters. The van der Waals surface area contributed by atoms with Gasteiger partial charge in [-0.05, 0) is 30.7 Å². The largest absolute Gasteiger partial charge is 0.507 e. The van der Waals surface area contributed by atoms with Crippen LogP contribution in [0.4, 0.5) is 0 Å². The first-order valence-electron chi connectivity index (χ1n) is 6.09. The summed E-state index contributed by atoms with van der Waals surface area (Å²) in [5, 5.41) is 22.4. The van der Waals surface area contributed by atoms with Crippen LogP contribution in [0.3, 0.4) is 0 Å². The van der Waals surface area contributed by atoms with Crippen LogP contribution < -0.4 is 5.32 Å². The van der Waals surface area contributed by atoms with Crippen LogP contribution in [-0.4, -0.2) is 33.7 Å². The molecule has 1 amide bonds. The van der Waals surface area contributed by atoms with E-state index in [9.17, 15) is 15.0 Å². The molecule has 4 nitrogen and oxygen atoms in total. The highest BCUT2D eigenvalue weighted by Gasteiger charge is 2.19. The van der Waals surface area contributed by atoms with Gasteiger partial charge in [-0.15, -0.1) is 0 Å². The van der Waals surface area contributed by atoms with E-state index in [4.69, 9.17) is 0 Å². The summed E-state index contributed by atoms with van der Waals surface area (Å²) in [6.45, 7) is 0.581. The number of phenolic OH excluding ortho intramolecular Hbond substituents is 2. The zero-order valence-corrected chi connectivity index (χ0v) is 10.9. The van der Waals surface area contributed by atoms with Crippen LogP contribution in [0, 0.1) is 0 Å². The molecule has 1 saturated heterocycles. The van der Waals surface area contributed by atoms with Crippen molar-refractivity contribution in [2.45, 2.75) is 24.5 Å². The van der Waals surface area contributed by atoms with Crippen LogP contribution in [-0.2, 0) is 0 Å². The van der Waals surface area contributed by atoms with Crippen molar-refractivity contribution in [3.8, 4) is 11.5 Å². The summed E-state index contributed by atoms with van der Waals surface area (Å²) in [5.74, 6) is 0.340. The maximum Gasteiger partial charge on any atom is 0.258 e. The van der Waals surface area contributed by atoms with Crippen molar-refractivity contribution < 1.29 is 15.0 Å². The molecule has 1 aromatic carbocycles. The molecule has 1 fully saturated rings. The van der Waals surface area contributed by atoms with Crippen LogP contribution in [0.25, 0.3) is 0 Å². The molecule has 0 spiro atoms. The highest BCUT2D eigenvalue weighted by molar-refractivity contribution is 7.99. The average molecular weight is 267 g/mol. The van der Waals surface area contributed by atoms with Gasteiger partial charge in [0.15, 0.2) is 0 Å². The van der Waals surface area contributed by atoms with Gasteiger partial charge in [-0.1, -0.05) is 12.5 Å². The van der Waals surface area contributed by atoms with Gasteiger partial charge < -0.3 is 15.5 Å². The molecule has 0 bridgehead atoms. The number of thioether (sulfide) groups is 1. The van der Waals surface area contributed by atoms with Crippen molar-refractivity contribution in [3.05, 3.63) is 23.8 Å². The van der Waals surface area contributed by atoms with Crippen LogP contribution in [0.15, 0.2) is 18.2 Å². The molecule has 0 aromatic heterocycles. The minimum absolute atomic E-state index is 0.0432. The summed E-state index contributed by atoms with van der Waals surface area (Å²) >= 11 is 1.87. The normalized spacial score (nSPS) is 19.4. The smallest absolute Gasteiger partial charge is 0.258 e. The van der Waals surface area contributed by atoms with Crippen LogP contribution in [0.2, 0.25) is 0 Å². The Morgan fingerprint density at radius 1 is 1.33 bits per heavy atom. The lowest BCUT2D eigenvalue weighted by atomic mass is 10.1. The van der Waals surface area contributed by atoms with E-state index in [-0.39, 0.29) is 17.1 Å². The van der Waals surface area contributed by atoms with Crippen LogP contribution in [0.1, 0.15) is 29.6 Å². The van der Waals surface area contributed by atoms with E-state index < -0.39 is 5.91 Å². The first kappa shape index (κ1) is 13.1. The van der Waals surface area contributed by atoms with E-state index in [2.05, 4.69) is 5.32 Å². The number of hydrogen-bond acceptors (Lipinski definition) is 4. The third-order valence-corrected chi connectivity index (χ3v) is 4.41. The summed E-state index contributed by atoms with van der Waals surface area (Å²) in [6.07, 6.45) is 3.56. The molecule has 5 heteroatoms. The lowest BCUT2D eigenvalue weighted by molar-refractivity contribution is 0.0948. The zero-order chi connectivity index (χ0) is 13.0. The summed E-state index contributed by atoms with van der Waals surface area (Å²) < 4.78 is 0. The van der Waals surface area contributed by atoms with Crippen molar-refractivity contribution in [1.82, 2.24) is 5.32 Å². The van der Waals surface area contributed by atoms with Crippen molar-refractivity contribution in [1.29, 1.82) is 0 Å². The number of amides is 1. The number of nitrogens with one attached hydrogen (secondary N) is 1. The number of phenols is 2. The van der Waals surface area contributed by atoms with Crippen molar-refractivity contribution in [2.24, 2.45) is 0 Å². The van der Waals surface area contributed by atoms with E-state index in [0.717, 1.165) is 12.2 Å². The van der Waals surface area contributed by atoms with E-state index in [1.807, 2.05) is 11.8 Å². The summed E-state index contributed by atoms with van der Waals surface area (Å²) in [6, 6.07) is 4.28. The van der Waals surface area contributed by atoms with Crippen molar-refractivity contribution >= 4 is 17.7 Å². The SMILES string of the molecule is O=C(NCC1CCCCS1)c1c(O)cccc1O. The lowest BCUT2D eigenvalue weighted by Gasteiger charge is -2.21. The Morgan fingerprint density at radius 3 is 2.67 bits per heavy atom. The lowest BCUT2D eigenvalue weighted by Crippen LogP contribution is -2.32. The molecule has 1 unspecified atom stereocenters. The molecular weight excluding hydrogens is 250 g/mol. The standard InChI is InChI=1S/C13H17NO3S/c15-10-5-3-6-11(16)12(10)13(17)14-8-9-4-1-2-7-18-9/h3,5-6,9,15-16H,1-2,4,7-8H2,(H,14,17). The van der Waals surface area contributed by atoms with Gasteiger partial charge in [-0.3, -0.25) is 4.79 Å². The van der Waals surface area contributed by atoms with Gasteiger partial charge in [0.25, 0.3) is 5.91 Å². The van der Waals surface area contributed by atoms with Gasteiger partial charge in [0.1, 0.15) is 17.1 Å². The Morgan fingerprint density at radius 2 is 2.06 bits per heavy atom. The monoisotopic (exact) mass is 267 g/mol. The number of aromatic hydroxyl groups is 2. The minimum Gasteiger partial charge on any atom is -0.507 e. The molecule has 0 aliphatic carbocycles.